The Balaban J connectivity index is 2.26. The first-order valence-corrected chi connectivity index (χ1v) is 6.57. The Morgan fingerprint density at radius 1 is 1.28 bits per heavy atom. The van der Waals surface area contributed by atoms with E-state index in [4.69, 9.17) is 0 Å². The molecule has 0 unspecified atom stereocenters. The molecule has 0 saturated heterocycles. The van der Waals surface area contributed by atoms with Crippen molar-refractivity contribution in [3.05, 3.63) is 33.4 Å². The molecule has 1 N–H and O–H groups in total. The van der Waals surface area contributed by atoms with Crippen LogP contribution in [0, 0.1) is 3.57 Å². The average molecular weight is 371 g/mol. The highest BCUT2D eigenvalue weighted by atomic mass is 127. The number of hydrogen-bond acceptors (Lipinski definition) is 1. The molecule has 0 aliphatic heterocycles. The van der Waals surface area contributed by atoms with Crippen molar-refractivity contribution in [3.63, 3.8) is 0 Å². The van der Waals surface area contributed by atoms with E-state index in [1.807, 2.05) is 6.07 Å². The summed E-state index contributed by atoms with van der Waals surface area (Å²) in [7, 11) is 0. The van der Waals surface area contributed by atoms with Crippen molar-refractivity contribution in [2.45, 2.75) is 25.4 Å². The van der Waals surface area contributed by atoms with Crippen LogP contribution in [-0.4, -0.2) is 18.6 Å². The first-order chi connectivity index (χ1) is 8.38. The van der Waals surface area contributed by atoms with Gasteiger partial charge in [0, 0.05) is 22.1 Å². The summed E-state index contributed by atoms with van der Waals surface area (Å²) in [6.45, 7) is 0.264. The molecular weight excluding hydrogens is 358 g/mol. The van der Waals surface area contributed by atoms with Crippen molar-refractivity contribution in [2.24, 2.45) is 0 Å². The maximum atomic E-state index is 11.9. The number of unbranched alkanes of at least 4 members (excludes halogenated alkanes) is 1. The van der Waals surface area contributed by atoms with E-state index < -0.39 is 12.6 Å². The number of alkyl halides is 3. The standard InChI is InChI=1S/C12H13F3INO/c13-12(14,15)6-1-2-7-17-11(18)9-4-3-5-10(16)8-9/h3-5,8H,1-2,6-7H2,(H,17,18). The molecule has 100 valence electrons. The zero-order valence-electron chi connectivity index (χ0n) is 9.56. The molecule has 1 rings (SSSR count). The molecular formula is C12H13F3INO. The smallest absolute Gasteiger partial charge is 0.352 e. The highest BCUT2D eigenvalue weighted by Crippen LogP contribution is 2.21. The summed E-state index contributed by atoms with van der Waals surface area (Å²) in [5, 5.41) is 2.60. The fourth-order valence-corrected chi connectivity index (χ4v) is 1.93. The zero-order chi connectivity index (χ0) is 13.6. The lowest BCUT2D eigenvalue weighted by Crippen LogP contribution is -2.24. The van der Waals surface area contributed by atoms with Gasteiger partial charge in [-0.15, -0.1) is 0 Å². The predicted octanol–water partition coefficient (Wildman–Crippen LogP) is 3.75. The van der Waals surface area contributed by atoms with Gasteiger partial charge < -0.3 is 5.32 Å². The third-order valence-corrected chi connectivity index (χ3v) is 2.93. The molecule has 0 radical (unpaired) electrons. The fourth-order valence-electron chi connectivity index (χ4n) is 1.38. The normalized spacial score (nSPS) is 11.3. The summed E-state index contributed by atoms with van der Waals surface area (Å²) >= 11 is 2.09. The van der Waals surface area contributed by atoms with Crippen molar-refractivity contribution in [2.75, 3.05) is 6.54 Å². The number of halogens is 4. The lowest BCUT2D eigenvalue weighted by molar-refractivity contribution is -0.135. The molecule has 6 heteroatoms. The van der Waals surface area contributed by atoms with Crippen LogP contribution in [0.5, 0.6) is 0 Å². The second-order valence-corrected chi connectivity index (χ2v) is 5.08. The van der Waals surface area contributed by atoms with E-state index in [1.165, 1.54) is 0 Å². The molecule has 0 atom stereocenters. The molecule has 0 aromatic heterocycles. The largest absolute Gasteiger partial charge is 0.389 e. The van der Waals surface area contributed by atoms with Crippen molar-refractivity contribution in [1.82, 2.24) is 5.32 Å². The fraction of sp³-hybridized carbons (Fsp3) is 0.417. The zero-order valence-corrected chi connectivity index (χ0v) is 11.7. The summed E-state index contributed by atoms with van der Waals surface area (Å²) < 4.78 is 36.5. The van der Waals surface area contributed by atoms with Crippen LogP contribution >= 0.6 is 22.6 Å². The van der Waals surface area contributed by atoms with Crippen LogP contribution in [0.15, 0.2) is 24.3 Å². The van der Waals surface area contributed by atoms with Crippen LogP contribution in [0.3, 0.4) is 0 Å². The molecule has 18 heavy (non-hydrogen) atoms. The maximum absolute atomic E-state index is 11.9. The van der Waals surface area contributed by atoms with Gasteiger partial charge in [0.2, 0.25) is 0 Å². The molecule has 1 amide bonds. The van der Waals surface area contributed by atoms with E-state index in [0.717, 1.165) is 3.57 Å². The number of hydrogen-bond donors (Lipinski definition) is 1. The Morgan fingerprint density at radius 3 is 2.61 bits per heavy atom. The Labute approximate surface area is 117 Å². The number of rotatable bonds is 5. The van der Waals surface area contributed by atoms with E-state index in [1.54, 1.807) is 18.2 Å². The average Bonchev–Trinajstić information content (AvgIpc) is 2.26. The second kappa shape index (κ2) is 6.96. The minimum Gasteiger partial charge on any atom is -0.352 e. The predicted molar refractivity (Wildman–Crippen MR) is 71.4 cm³/mol. The van der Waals surface area contributed by atoms with E-state index >= 15 is 0 Å². The number of carbonyl (C=O) groups excluding carboxylic acids is 1. The minimum atomic E-state index is -4.11. The van der Waals surface area contributed by atoms with Gasteiger partial charge in [-0.05, 0) is 53.6 Å². The third kappa shape index (κ3) is 6.23. The van der Waals surface area contributed by atoms with Crippen molar-refractivity contribution in [1.29, 1.82) is 0 Å². The first kappa shape index (κ1) is 15.3. The Bertz CT molecular complexity index is 407. The Kier molecular flexibility index (Phi) is 5.90. The number of benzene rings is 1. The summed E-state index contributed by atoms with van der Waals surface area (Å²) in [5.74, 6) is -0.250. The van der Waals surface area contributed by atoms with Gasteiger partial charge in [0.25, 0.3) is 5.91 Å². The molecule has 0 aliphatic rings. The van der Waals surface area contributed by atoms with Crippen molar-refractivity contribution in [3.8, 4) is 0 Å². The SMILES string of the molecule is O=C(NCCCCC(F)(F)F)c1cccc(I)c1. The maximum Gasteiger partial charge on any atom is 0.389 e. The van der Waals surface area contributed by atoms with Crippen LogP contribution in [0.2, 0.25) is 0 Å². The van der Waals surface area contributed by atoms with Gasteiger partial charge in [0.15, 0.2) is 0 Å². The van der Waals surface area contributed by atoms with Crippen molar-refractivity contribution >= 4 is 28.5 Å². The molecule has 0 heterocycles. The number of carbonyl (C=O) groups is 1. The van der Waals surface area contributed by atoms with Gasteiger partial charge in [-0.25, -0.2) is 0 Å². The Hall–Kier alpha value is -0.790. The summed E-state index contributed by atoms with van der Waals surface area (Å²) in [6, 6.07) is 7.03. The lowest BCUT2D eigenvalue weighted by atomic mass is 10.2. The summed E-state index contributed by atoms with van der Waals surface area (Å²) in [4.78, 5) is 11.6. The third-order valence-electron chi connectivity index (χ3n) is 2.26. The molecule has 0 aliphatic carbocycles. The summed E-state index contributed by atoms with van der Waals surface area (Å²) in [6.07, 6.45) is -4.54. The topological polar surface area (TPSA) is 29.1 Å². The van der Waals surface area contributed by atoms with E-state index in [-0.39, 0.29) is 18.9 Å². The van der Waals surface area contributed by atoms with Gasteiger partial charge >= 0.3 is 6.18 Å². The molecule has 0 fully saturated rings. The molecule has 1 aromatic carbocycles. The van der Waals surface area contributed by atoms with Gasteiger partial charge in [0.05, 0.1) is 0 Å². The first-order valence-electron chi connectivity index (χ1n) is 5.49. The molecule has 1 aromatic rings. The molecule has 2 nitrogen and oxygen atoms in total. The van der Waals surface area contributed by atoms with Gasteiger partial charge in [-0.1, -0.05) is 6.07 Å². The number of amides is 1. The molecule has 0 saturated carbocycles. The minimum absolute atomic E-state index is 0.0378. The van der Waals surface area contributed by atoms with Crippen LogP contribution in [0.1, 0.15) is 29.6 Å². The lowest BCUT2D eigenvalue weighted by Gasteiger charge is -2.07. The van der Waals surface area contributed by atoms with Gasteiger partial charge in [0.1, 0.15) is 0 Å². The Morgan fingerprint density at radius 2 is 2.00 bits per heavy atom. The van der Waals surface area contributed by atoms with Gasteiger partial charge in [-0.3, -0.25) is 4.79 Å². The summed E-state index contributed by atoms with van der Waals surface area (Å²) in [5.41, 5.74) is 0.526. The monoisotopic (exact) mass is 371 g/mol. The van der Waals surface area contributed by atoms with Crippen LogP contribution in [0.25, 0.3) is 0 Å². The molecule has 0 spiro atoms. The van der Waals surface area contributed by atoms with Crippen LogP contribution in [0.4, 0.5) is 13.2 Å². The van der Waals surface area contributed by atoms with Gasteiger partial charge in [-0.2, -0.15) is 13.2 Å². The van der Waals surface area contributed by atoms with Crippen LogP contribution in [-0.2, 0) is 0 Å². The van der Waals surface area contributed by atoms with Crippen LogP contribution < -0.4 is 5.32 Å². The quantitative estimate of drug-likeness (QED) is 0.620. The molecule has 0 bridgehead atoms. The highest BCUT2D eigenvalue weighted by molar-refractivity contribution is 14.1. The van der Waals surface area contributed by atoms with E-state index in [2.05, 4.69) is 27.9 Å². The second-order valence-electron chi connectivity index (χ2n) is 3.84. The van der Waals surface area contributed by atoms with Crippen molar-refractivity contribution < 1.29 is 18.0 Å². The number of nitrogens with one attached hydrogen (secondary N) is 1. The highest BCUT2D eigenvalue weighted by Gasteiger charge is 2.25. The van der Waals surface area contributed by atoms with E-state index in [9.17, 15) is 18.0 Å². The van der Waals surface area contributed by atoms with E-state index in [0.29, 0.717) is 12.0 Å².